The zero-order valence-corrected chi connectivity index (χ0v) is 12.9. The van der Waals surface area contributed by atoms with E-state index in [4.69, 9.17) is 0 Å². The lowest BCUT2D eigenvalue weighted by molar-refractivity contribution is -0.132. The molecule has 1 amide bonds. The molecule has 0 spiro atoms. The van der Waals surface area contributed by atoms with E-state index in [0.717, 1.165) is 24.5 Å². The van der Waals surface area contributed by atoms with Crippen LogP contribution in [-0.4, -0.2) is 16.8 Å². The number of halogens is 2. The quantitative estimate of drug-likeness (QED) is 0.783. The van der Waals surface area contributed by atoms with Crippen LogP contribution in [-0.2, 0) is 17.8 Å². The second kappa shape index (κ2) is 6.57. The van der Waals surface area contributed by atoms with Crippen LogP contribution in [0.25, 0.3) is 0 Å². The number of hydrogen-bond acceptors (Lipinski definition) is 2. The van der Waals surface area contributed by atoms with E-state index in [1.54, 1.807) is 16.2 Å². The molecule has 5 heteroatoms. The van der Waals surface area contributed by atoms with Gasteiger partial charge in [-0.3, -0.25) is 4.79 Å². The summed E-state index contributed by atoms with van der Waals surface area (Å²) in [5.41, 5.74) is 1.53. The van der Waals surface area contributed by atoms with Crippen LogP contribution in [0.2, 0.25) is 0 Å². The third kappa shape index (κ3) is 3.71. The fourth-order valence-corrected chi connectivity index (χ4v) is 3.17. The van der Waals surface area contributed by atoms with E-state index in [2.05, 4.69) is 0 Å². The number of thiophene rings is 1. The minimum Gasteiger partial charge on any atom is -0.335 e. The molecule has 0 saturated heterocycles. The molecule has 1 aliphatic rings. The maximum atomic E-state index is 13.8. The molecule has 1 fully saturated rings. The summed E-state index contributed by atoms with van der Waals surface area (Å²) in [5.74, 6) is -1.14. The van der Waals surface area contributed by atoms with Gasteiger partial charge in [0.1, 0.15) is 11.6 Å². The number of aryl methyl sites for hydroxylation is 1. The Balaban J connectivity index is 1.65. The molecular formula is C17H17F2NOS. The molecule has 1 aromatic heterocycles. The van der Waals surface area contributed by atoms with Crippen LogP contribution in [0.5, 0.6) is 0 Å². The standard InChI is InChI=1S/C17H17F2NOS/c18-14-3-2-13(16(19)9-14)10-20(15-4-5-15)17(21)6-1-12-7-8-22-11-12/h2-3,7-9,11,15H,1,4-6,10H2. The molecule has 1 aromatic carbocycles. The summed E-state index contributed by atoms with van der Waals surface area (Å²) in [7, 11) is 0. The number of carbonyl (C=O) groups excluding carboxylic acids is 1. The van der Waals surface area contributed by atoms with Crippen LogP contribution in [0.3, 0.4) is 0 Å². The predicted octanol–water partition coefficient (Wildman–Crippen LogP) is 4.15. The van der Waals surface area contributed by atoms with Gasteiger partial charge in [0.05, 0.1) is 0 Å². The average Bonchev–Trinajstić information content (AvgIpc) is 3.19. The Morgan fingerprint density at radius 2 is 2.09 bits per heavy atom. The summed E-state index contributed by atoms with van der Waals surface area (Å²) in [6, 6.07) is 5.75. The summed E-state index contributed by atoms with van der Waals surface area (Å²) < 4.78 is 26.8. The smallest absolute Gasteiger partial charge is 0.223 e. The van der Waals surface area contributed by atoms with Crippen molar-refractivity contribution in [1.29, 1.82) is 0 Å². The Bertz CT molecular complexity index is 653. The first-order valence-electron chi connectivity index (χ1n) is 7.38. The van der Waals surface area contributed by atoms with Gasteiger partial charge in [0.15, 0.2) is 0 Å². The second-order valence-electron chi connectivity index (χ2n) is 5.62. The number of carbonyl (C=O) groups is 1. The highest BCUT2D eigenvalue weighted by Crippen LogP contribution is 2.29. The lowest BCUT2D eigenvalue weighted by atomic mass is 10.1. The molecule has 116 valence electrons. The van der Waals surface area contributed by atoms with E-state index in [1.807, 2.05) is 16.8 Å². The molecule has 1 aliphatic carbocycles. The van der Waals surface area contributed by atoms with Crippen LogP contribution in [0.15, 0.2) is 35.0 Å². The summed E-state index contributed by atoms with van der Waals surface area (Å²) in [5, 5.41) is 4.03. The van der Waals surface area contributed by atoms with E-state index in [-0.39, 0.29) is 18.5 Å². The minimum atomic E-state index is -0.594. The van der Waals surface area contributed by atoms with E-state index in [0.29, 0.717) is 18.4 Å². The molecule has 2 aromatic rings. The summed E-state index contributed by atoms with van der Waals surface area (Å²) in [6.45, 7) is 0.221. The first kappa shape index (κ1) is 15.2. The Morgan fingerprint density at radius 3 is 2.73 bits per heavy atom. The molecule has 1 saturated carbocycles. The van der Waals surface area contributed by atoms with Gasteiger partial charge in [0.25, 0.3) is 0 Å². The van der Waals surface area contributed by atoms with E-state index in [9.17, 15) is 13.6 Å². The number of rotatable bonds is 6. The zero-order valence-electron chi connectivity index (χ0n) is 12.1. The van der Waals surface area contributed by atoms with Crippen molar-refractivity contribution in [3.05, 3.63) is 57.8 Å². The highest BCUT2D eigenvalue weighted by molar-refractivity contribution is 7.07. The van der Waals surface area contributed by atoms with Gasteiger partial charge in [-0.25, -0.2) is 8.78 Å². The summed E-state index contributed by atoms with van der Waals surface area (Å²) in [4.78, 5) is 14.2. The van der Waals surface area contributed by atoms with Gasteiger partial charge >= 0.3 is 0 Å². The van der Waals surface area contributed by atoms with Crippen molar-refractivity contribution in [3.8, 4) is 0 Å². The van der Waals surface area contributed by atoms with Crippen LogP contribution in [0, 0.1) is 11.6 Å². The largest absolute Gasteiger partial charge is 0.335 e. The maximum Gasteiger partial charge on any atom is 0.223 e. The lowest BCUT2D eigenvalue weighted by Crippen LogP contribution is -2.33. The molecule has 0 aliphatic heterocycles. The van der Waals surface area contributed by atoms with E-state index >= 15 is 0 Å². The third-order valence-corrected chi connectivity index (χ3v) is 4.60. The van der Waals surface area contributed by atoms with Gasteiger partial charge in [-0.1, -0.05) is 6.07 Å². The predicted molar refractivity (Wildman–Crippen MR) is 82.6 cm³/mol. The highest BCUT2D eigenvalue weighted by atomic mass is 32.1. The third-order valence-electron chi connectivity index (χ3n) is 3.87. The number of hydrogen-bond donors (Lipinski definition) is 0. The molecule has 2 nitrogen and oxygen atoms in total. The summed E-state index contributed by atoms with van der Waals surface area (Å²) >= 11 is 1.61. The average molecular weight is 321 g/mol. The normalized spacial score (nSPS) is 14.1. The molecule has 0 bridgehead atoms. The van der Waals surface area contributed by atoms with Crippen molar-refractivity contribution in [1.82, 2.24) is 4.90 Å². The Labute approximate surface area is 132 Å². The topological polar surface area (TPSA) is 20.3 Å². The molecule has 0 unspecified atom stereocenters. The van der Waals surface area contributed by atoms with Gasteiger partial charge in [-0.15, -0.1) is 0 Å². The van der Waals surface area contributed by atoms with Crippen LogP contribution in [0.1, 0.15) is 30.4 Å². The fraction of sp³-hybridized carbons (Fsp3) is 0.353. The molecule has 0 atom stereocenters. The molecule has 22 heavy (non-hydrogen) atoms. The number of amides is 1. The molecule has 0 N–H and O–H groups in total. The van der Waals surface area contributed by atoms with Gasteiger partial charge in [0.2, 0.25) is 5.91 Å². The Kier molecular flexibility index (Phi) is 4.52. The first-order valence-corrected chi connectivity index (χ1v) is 8.32. The first-order chi connectivity index (χ1) is 10.6. The van der Waals surface area contributed by atoms with Crippen LogP contribution in [0.4, 0.5) is 8.78 Å². The zero-order chi connectivity index (χ0) is 15.5. The van der Waals surface area contributed by atoms with Crippen molar-refractivity contribution >= 4 is 17.2 Å². The van der Waals surface area contributed by atoms with Crippen molar-refractivity contribution < 1.29 is 13.6 Å². The monoisotopic (exact) mass is 321 g/mol. The van der Waals surface area contributed by atoms with Gasteiger partial charge in [-0.2, -0.15) is 11.3 Å². The molecule has 1 heterocycles. The fourth-order valence-electron chi connectivity index (χ4n) is 2.47. The second-order valence-corrected chi connectivity index (χ2v) is 6.40. The van der Waals surface area contributed by atoms with Crippen molar-refractivity contribution in [2.75, 3.05) is 0 Å². The van der Waals surface area contributed by atoms with E-state index in [1.165, 1.54) is 12.1 Å². The van der Waals surface area contributed by atoms with E-state index < -0.39 is 11.6 Å². The van der Waals surface area contributed by atoms with Crippen molar-refractivity contribution in [2.24, 2.45) is 0 Å². The molecular weight excluding hydrogens is 304 g/mol. The Morgan fingerprint density at radius 1 is 1.27 bits per heavy atom. The summed E-state index contributed by atoms with van der Waals surface area (Å²) in [6.07, 6.45) is 3.06. The van der Waals surface area contributed by atoms with Crippen LogP contribution >= 0.6 is 11.3 Å². The Hall–Kier alpha value is -1.75. The highest BCUT2D eigenvalue weighted by Gasteiger charge is 2.32. The van der Waals surface area contributed by atoms with Crippen molar-refractivity contribution in [3.63, 3.8) is 0 Å². The SMILES string of the molecule is O=C(CCc1ccsc1)N(Cc1ccc(F)cc1F)C1CC1. The molecule has 3 rings (SSSR count). The lowest BCUT2D eigenvalue weighted by Gasteiger charge is -2.23. The maximum absolute atomic E-state index is 13.8. The van der Waals surface area contributed by atoms with Crippen LogP contribution < -0.4 is 0 Å². The number of benzene rings is 1. The number of nitrogens with zero attached hydrogens (tertiary/aromatic N) is 1. The van der Waals surface area contributed by atoms with Gasteiger partial charge in [0, 0.05) is 30.6 Å². The molecule has 0 radical (unpaired) electrons. The van der Waals surface area contributed by atoms with Gasteiger partial charge < -0.3 is 4.90 Å². The minimum absolute atomic E-state index is 0.0393. The van der Waals surface area contributed by atoms with Gasteiger partial charge in [-0.05, 0) is 47.7 Å². The van der Waals surface area contributed by atoms with Crippen molar-refractivity contribution in [2.45, 2.75) is 38.3 Å².